The Bertz CT molecular complexity index is 742. The van der Waals surface area contributed by atoms with Crippen LogP contribution >= 0.6 is 0 Å². The third-order valence-electron chi connectivity index (χ3n) is 4.73. The van der Waals surface area contributed by atoms with Crippen LogP contribution in [0.2, 0.25) is 0 Å². The van der Waals surface area contributed by atoms with E-state index in [1.807, 2.05) is 17.0 Å². The number of benzene rings is 1. The van der Waals surface area contributed by atoms with Crippen LogP contribution in [0.4, 0.5) is 11.5 Å². The molecule has 1 aromatic heterocycles. The number of hydrogen-bond donors (Lipinski definition) is 1. The molecule has 0 spiro atoms. The van der Waals surface area contributed by atoms with Gasteiger partial charge in [0.15, 0.2) is 0 Å². The Morgan fingerprint density at radius 1 is 1.15 bits per heavy atom. The van der Waals surface area contributed by atoms with Gasteiger partial charge in [-0.1, -0.05) is 13.3 Å². The summed E-state index contributed by atoms with van der Waals surface area (Å²) in [6.07, 6.45) is 3.64. The van der Waals surface area contributed by atoms with Crippen LogP contribution in [0.25, 0.3) is 0 Å². The summed E-state index contributed by atoms with van der Waals surface area (Å²) in [6.45, 7) is 5.93. The molecular weight excluding hydrogens is 342 g/mol. The summed E-state index contributed by atoms with van der Waals surface area (Å²) in [5.41, 5.74) is 1.59. The maximum Gasteiger partial charge on any atom is 0.272 e. The second-order valence-electron chi connectivity index (χ2n) is 6.55. The number of rotatable bonds is 7. The molecule has 7 nitrogen and oxygen atoms in total. The highest BCUT2D eigenvalue weighted by Crippen LogP contribution is 2.21. The minimum absolute atomic E-state index is 0.0367. The first kappa shape index (κ1) is 18.9. The Morgan fingerprint density at radius 3 is 2.56 bits per heavy atom. The summed E-state index contributed by atoms with van der Waals surface area (Å²) in [5, 5.41) is 3.24. The number of nitrogens with zero attached hydrogens (tertiary/aromatic N) is 4. The smallest absolute Gasteiger partial charge is 0.272 e. The SMILES string of the molecule is CCCCNc1cc(C(=O)N2CCN(c3ccc(OC)cc3)CC2)ncn1. The highest BCUT2D eigenvalue weighted by atomic mass is 16.5. The number of methoxy groups -OCH3 is 1. The van der Waals surface area contributed by atoms with Crippen LogP contribution in [0.15, 0.2) is 36.7 Å². The van der Waals surface area contributed by atoms with E-state index in [-0.39, 0.29) is 5.91 Å². The van der Waals surface area contributed by atoms with Crippen molar-refractivity contribution in [3.63, 3.8) is 0 Å². The monoisotopic (exact) mass is 369 g/mol. The molecule has 0 bridgehead atoms. The lowest BCUT2D eigenvalue weighted by Gasteiger charge is -2.36. The maximum atomic E-state index is 12.8. The molecule has 0 radical (unpaired) electrons. The number of ether oxygens (including phenoxy) is 1. The van der Waals surface area contributed by atoms with Gasteiger partial charge >= 0.3 is 0 Å². The molecule has 1 N–H and O–H groups in total. The first-order chi connectivity index (χ1) is 13.2. The average Bonchev–Trinajstić information content (AvgIpc) is 2.74. The molecule has 7 heteroatoms. The minimum Gasteiger partial charge on any atom is -0.497 e. The highest BCUT2D eigenvalue weighted by molar-refractivity contribution is 5.93. The van der Waals surface area contributed by atoms with Gasteiger partial charge in [-0.15, -0.1) is 0 Å². The zero-order chi connectivity index (χ0) is 19.1. The van der Waals surface area contributed by atoms with Crippen LogP contribution in [0.1, 0.15) is 30.3 Å². The fourth-order valence-corrected chi connectivity index (χ4v) is 3.09. The molecule has 2 heterocycles. The highest BCUT2D eigenvalue weighted by Gasteiger charge is 2.23. The van der Waals surface area contributed by atoms with Crippen molar-refractivity contribution >= 4 is 17.4 Å². The van der Waals surface area contributed by atoms with E-state index in [0.29, 0.717) is 24.6 Å². The summed E-state index contributed by atoms with van der Waals surface area (Å²) in [7, 11) is 1.66. The van der Waals surface area contributed by atoms with Crippen LogP contribution < -0.4 is 15.0 Å². The lowest BCUT2D eigenvalue weighted by molar-refractivity contribution is 0.0740. The van der Waals surface area contributed by atoms with Crippen LogP contribution in [0.3, 0.4) is 0 Å². The van der Waals surface area contributed by atoms with Crippen molar-refractivity contribution in [2.75, 3.05) is 50.1 Å². The predicted octanol–water partition coefficient (Wildman–Crippen LogP) is 2.66. The summed E-state index contributed by atoms with van der Waals surface area (Å²) < 4.78 is 5.21. The first-order valence-electron chi connectivity index (χ1n) is 9.45. The molecule has 1 aromatic carbocycles. The van der Waals surface area contributed by atoms with E-state index in [1.54, 1.807) is 13.2 Å². The Labute approximate surface area is 160 Å². The van der Waals surface area contributed by atoms with Gasteiger partial charge in [0.25, 0.3) is 5.91 Å². The second-order valence-corrected chi connectivity index (χ2v) is 6.55. The normalized spacial score (nSPS) is 14.1. The van der Waals surface area contributed by atoms with Gasteiger partial charge in [-0.3, -0.25) is 4.79 Å². The summed E-state index contributed by atoms with van der Waals surface area (Å²) in [6, 6.07) is 9.76. The van der Waals surface area contributed by atoms with E-state index in [9.17, 15) is 4.79 Å². The molecule has 1 saturated heterocycles. The van der Waals surface area contributed by atoms with Crippen LogP contribution in [0, 0.1) is 0 Å². The molecule has 0 unspecified atom stereocenters. The molecule has 144 valence electrons. The Morgan fingerprint density at radius 2 is 1.89 bits per heavy atom. The topological polar surface area (TPSA) is 70.6 Å². The van der Waals surface area contributed by atoms with Gasteiger partial charge in [0.05, 0.1) is 7.11 Å². The molecule has 2 aromatic rings. The van der Waals surface area contributed by atoms with E-state index < -0.39 is 0 Å². The van der Waals surface area contributed by atoms with Gasteiger partial charge < -0.3 is 19.9 Å². The number of carbonyl (C=O) groups is 1. The standard InChI is InChI=1S/C20H27N5O2/c1-3-4-9-21-19-14-18(22-15-23-19)20(26)25-12-10-24(11-13-25)16-5-7-17(27-2)8-6-16/h5-8,14-15H,3-4,9-13H2,1-2H3,(H,21,22,23). The van der Waals surface area contributed by atoms with Gasteiger partial charge in [-0.25, -0.2) is 9.97 Å². The molecule has 1 fully saturated rings. The number of piperazine rings is 1. The summed E-state index contributed by atoms with van der Waals surface area (Å²) >= 11 is 0. The van der Waals surface area contributed by atoms with Crippen LogP contribution in [0.5, 0.6) is 5.75 Å². The van der Waals surface area contributed by atoms with E-state index in [0.717, 1.165) is 43.9 Å². The number of amides is 1. The lowest BCUT2D eigenvalue weighted by Crippen LogP contribution is -2.49. The quantitative estimate of drug-likeness (QED) is 0.757. The van der Waals surface area contributed by atoms with Gasteiger partial charge in [0.2, 0.25) is 0 Å². The van der Waals surface area contributed by atoms with Gasteiger partial charge in [-0.05, 0) is 30.7 Å². The molecule has 1 aliphatic heterocycles. The Kier molecular flexibility index (Phi) is 6.46. The van der Waals surface area contributed by atoms with Gasteiger partial charge in [-0.2, -0.15) is 0 Å². The lowest BCUT2D eigenvalue weighted by atomic mass is 10.2. The number of carbonyl (C=O) groups excluding carboxylic acids is 1. The van der Waals surface area contributed by atoms with Crippen molar-refractivity contribution in [2.45, 2.75) is 19.8 Å². The second kappa shape index (κ2) is 9.21. The summed E-state index contributed by atoms with van der Waals surface area (Å²) in [5.74, 6) is 1.52. The predicted molar refractivity (Wildman–Crippen MR) is 107 cm³/mol. The zero-order valence-electron chi connectivity index (χ0n) is 16.0. The van der Waals surface area contributed by atoms with E-state index in [1.165, 1.54) is 6.33 Å². The summed E-state index contributed by atoms with van der Waals surface area (Å²) in [4.78, 5) is 25.3. The molecule has 0 aliphatic carbocycles. The largest absolute Gasteiger partial charge is 0.497 e. The van der Waals surface area contributed by atoms with E-state index >= 15 is 0 Å². The minimum atomic E-state index is -0.0367. The van der Waals surface area contributed by atoms with Gasteiger partial charge in [0.1, 0.15) is 23.6 Å². The van der Waals surface area contributed by atoms with Crippen molar-refractivity contribution in [3.8, 4) is 5.75 Å². The number of unbranched alkanes of at least 4 members (excludes halogenated alkanes) is 1. The first-order valence-corrected chi connectivity index (χ1v) is 9.45. The molecule has 1 amide bonds. The Hall–Kier alpha value is -2.83. The number of hydrogen-bond acceptors (Lipinski definition) is 6. The molecule has 0 saturated carbocycles. The maximum absolute atomic E-state index is 12.8. The number of nitrogens with one attached hydrogen (secondary N) is 1. The number of anilines is 2. The zero-order valence-corrected chi connectivity index (χ0v) is 16.0. The van der Waals surface area contributed by atoms with Gasteiger partial charge in [0, 0.05) is 44.5 Å². The number of aromatic nitrogens is 2. The van der Waals surface area contributed by atoms with Crippen molar-refractivity contribution in [1.29, 1.82) is 0 Å². The molecule has 3 rings (SSSR count). The molecule has 0 atom stereocenters. The Balaban J connectivity index is 1.57. The van der Waals surface area contributed by atoms with Crippen molar-refractivity contribution in [3.05, 3.63) is 42.4 Å². The van der Waals surface area contributed by atoms with Crippen molar-refractivity contribution < 1.29 is 9.53 Å². The fourth-order valence-electron chi connectivity index (χ4n) is 3.09. The van der Waals surface area contributed by atoms with Crippen molar-refractivity contribution in [2.24, 2.45) is 0 Å². The van der Waals surface area contributed by atoms with E-state index in [4.69, 9.17) is 4.74 Å². The molecule has 27 heavy (non-hydrogen) atoms. The van der Waals surface area contributed by atoms with Crippen LogP contribution in [-0.2, 0) is 0 Å². The van der Waals surface area contributed by atoms with Crippen molar-refractivity contribution in [1.82, 2.24) is 14.9 Å². The molecular formula is C20H27N5O2. The van der Waals surface area contributed by atoms with Crippen LogP contribution in [-0.4, -0.2) is 60.6 Å². The molecule has 1 aliphatic rings. The average molecular weight is 369 g/mol. The fraction of sp³-hybridized carbons (Fsp3) is 0.450. The third kappa shape index (κ3) is 4.87. The van der Waals surface area contributed by atoms with E-state index in [2.05, 4.69) is 39.2 Å². The third-order valence-corrected chi connectivity index (χ3v) is 4.73.